The van der Waals surface area contributed by atoms with Gasteiger partial charge in [-0.25, -0.2) is 9.37 Å². The summed E-state index contributed by atoms with van der Waals surface area (Å²) in [4.78, 5) is 4.49. The Labute approximate surface area is 131 Å². The number of rotatable bonds is 3. The minimum Gasteiger partial charge on any atom is -0.326 e. The molecule has 0 bridgehead atoms. The van der Waals surface area contributed by atoms with Crippen LogP contribution in [0.4, 0.5) is 4.39 Å². The van der Waals surface area contributed by atoms with Crippen molar-refractivity contribution in [3.63, 3.8) is 0 Å². The molecule has 2 N–H and O–H groups in total. The Hall–Kier alpha value is -1.75. The van der Waals surface area contributed by atoms with Crippen molar-refractivity contribution in [2.24, 2.45) is 5.73 Å². The van der Waals surface area contributed by atoms with Crippen molar-refractivity contribution in [3.8, 4) is 21.8 Å². The molecule has 0 aliphatic heterocycles. The topological polar surface area (TPSA) is 38.9 Å². The molecule has 0 radical (unpaired) electrons. The number of nitrogens with zero attached hydrogens (tertiary/aromatic N) is 1. The van der Waals surface area contributed by atoms with Crippen LogP contribution in [0.3, 0.4) is 0 Å². The van der Waals surface area contributed by atoms with E-state index in [9.17, 15) is 4.39 Å². The third-order valence-corrected chi connectivity index (χ3v) is 4.34. The quantitative estimate of drug-likeness (QED) is 0.758. The first-order chi connectivity index (χ1) is 10.2. The smallest absolute Gasteiger partial charge is 0.134 e. The van der Waals surface area contributed by atoms with E-state index in [0.29, 0.717) is 22.1 Å². The minimum atomic E-state index is -0.359. The predicted molar refractivity (Wildman–Crippen MR) is 85.8 cm³/mol. The molecule has 3 aromatic rings. The molecule has 3 rings (SSSR count). The molecule has 1 heterocycles. The van der Waals surface area contributed by atoms with Gasteiger partial charge in [-0.1, -0.05) is 41.9 Å². The lowest BCUT2D eigenvalue weighted by Crippen LogP contribution is -1.95. The van der Waals surface area contributed by atoms with Crippen LogP contribution in [0.1, 0.15) is 5.56 Å². The highest BCUT2D eigenvalue weighted by atomic mass is 35.5. The van der Waals surface area contributed by atoms with E-state index in [0.717, 1.165) is 16.8 Å². The maximum Gasteiger partial charge on any atom is 0.134 e. The first kappa shape index (κ1) is 14.2. The molecule has 0 aliphatic carbocycles. The van der Waals surface area contributed by atoms with Crippen LogP contribution in [0, 0.1) is 5.82 Å². The van der Waals surface area contributed by atoms with E-state index in [4.69, 9.17) is 17.3 Å². The van der Waals surface area contributed by atoms with Gasteiger partial charge in [-0.3, -0.25) is 0 Å². The Kier molecular flexibility index (Phi) is 4.01. The van der Waals surface area contributed by atoms with Gasteiger partial charge in [-0.2, -0.15) is 0 Å². The number of benzene rings is 2. The predicted octanol–water partition coefficient (Wildman–Crippen LogP) is 4.73. The standard InChI is InChI=1S/C16H12ClFN2S/c17-12-2-1-3-13(18)15(12)16-20-14(9-21-16)11-6-4-10(8-19)5-7-11/h1-7,9H,8,19H2. The van der Waals surface area contributed by atoms with Gasteiger partial charge >= 0.3 is 0 Å². The fourth-order valence-corrected chi connectivity index (χ4v) is 3.23. The van der Waals surface area contributed by atoms with Crippen LogP contribution in [0.25, 0.3) is 21.8 Å². The average molecular weight is 319 g/mol. The summed E-state index contributed by atoms with van der Waals surface area (Å²) in [5.74, 6) is -0.359. The summed E-state index contributed by atoms with van der Waals surface area (Å²) < 4.78 is 13.9. The number of hydrogen-bond acceptors (Lipinski definition) is 3. The molecule has 0 amide bonds. The van der Waals surface area contributed by atoms with Crippen molar-refractivity contribution < 1.29 is 4.39 Å². The monoisotopic (exact) mass is 318 g/mol. The lowest BCUT2D eigenvalue weighted by Gasteiger charge is -2.02. The molecule has 0 spiro atoms. The molecule has 0 atom stereocenters. The summed E-state index contributed by atoms with van der Waals surface area (Å²) in [5, 5.41) is 2.85. The molecule has 0 saturated carbocycles. The van der Waals surface area contributed by atoms with E-state index in [-0.39, 0.29) is 5.82 Å². The number of hydrogen-bond donors (Lipinski definition) is 1. The molecule has 106 valence electrons. The van der Waals surface area contributed by atoms with Crippen molar-refractivity contribution in [1.29, 1.82) is 0 Å². The summed E-state index contributed by atoms with van der Waals surface area (Å²) in [6.45, 7) is 0.507. The van der Waals surface area contributed by atoms with Crippen LogP contribution in [0.2, 0.25) is 5.02 Å². The van der Waals surface area contributed by atoms with E-state index in [1.807, 2.05) is 29.6 Å². The summed E-state index contributed by atoms with van der Waals surface area (Å²) in [6.07, 6.45) is 0. The maximum atomic E-state index is 13.9. The van der Waals surface area contributed by atoms with Crippen molar-refractivity contribution in [1.82, 2.24) is 4.98 Å². The maximum absolute atomic E-state index is 13.9. The van der Waals surface area contributed by atoms with Gasteiger partial charge in [0.2, 0.25) is 0 Å². The van der Waals surface area contributed by atoms with Crippen LogP contribution in [-0.2, 0) is 6.54 Å². The fraction of sp³-hybridized carbons (Fsp3) is 0.0625. The van der Waals surface area contributed by atoms with Gasteiger partial charge in [0.05, 0.1) is 16.3 Å². The number of aromatic nitrogens is 1. The fourth-order valence-electron chi connectivity index (χ4n) is 2.03. The van der Waals surface area contributed by atoms with Crippen molar-refractivity contribution in [2.75, 3.05) is 0 Å². The van der Waals surface area contributed by atoms with Gasteiger partial charge < -0.3 is 5.73 Å². The summed E-state index contributed by atoms with van der Waals surface area (Å²) in [5.41, 5.74) is 8.78. The second-order valence-corrected chi connectivity index (χ2v) is 5.80. The van der Waals surface area contributed by atoms with E-state index < -0.39 is 0 Å². The lowest BCUT2D eigenvalue weighted by molar-refractivity contribution is 0.631. The van der Waals surface area contributed by atoms with Crippen molar-refractivity contribution in [3.05, 3.63) is 64.2 Å². The first-order valence-electron chi connectivity index (χ1n) is 6.38. The van der Waals surface area contributed by atoms with E-state index in [2.05, 4.69) is 4.98 Å². The van der Waals surface area contributed by atoms with E-state index >= 15 is 0 Å². The van der Waals surface area contributed by atoms with Gasteiger partial charge in [0.25, 0.3) is 0 Å². The minimum absolute atomic E-state index is 0.356. The third kappa shape index (κ3) is 2.83. The number of nitrogens with two attached hydrogens (primary N) is 1. The van der Waals surface area contributed by atoms with Gasteiger partial charge in [-0.15, -0.1) is 11.3 Å². The van der Waals surface area contributed by atoms with Gasteiger partial charge in [0, 0.05) is 17.5 Å². The Balaban J connectivity index is 1.99. The normalized spacial score (nSPS) is 10.8. The molecule has 2 aromatic carbocycles. The summed E-state index contributed by atoms with van der Waals surface area (Å²) >= 11 is 7.45. The number of thiazole rings is 1. The Bertz CT molecular complexity index is 748. The highest BCUT2D eigenvalue weighted by Gasteiger charge is 2.14. The molecule has 5 heteroatoms. The second-order valence-electron chi connectivity index (χ2n) is 4.54. The van der Waals surface area contributed by atoms with Gasteiger partial charge in [0.1, 0.15) is 10.8 Å². The van der Waals surface area contributed by atoms with Crippen LogP contribution in [0.5, 0.6) is 0 Å². The van der Waals surface area contributed by atoms with E-state index in [1.54, 1.807) is 12.1 Å². The molecule has 0 aliphatic rings. The summed E-state index contributed by atoms with van der Waals surface area (Å²) in [7, 11) is 0. The molecule has 0 saturated heterocycles. The Morgan fingerprint density at radius 1 is 1.14 bits per heavy atom. The first-order valence-corrected chi connectivity index (χ1v) is 7.64. The molecular weight excluding hydrogens is 307 g/mol. The molecule has 0 unspecified atom stereocenters. The van der Waals surface area contributed by atoms with Crippen LogP contribution in [-0.4, -0.2) is 4.98 Å². The van der Waals surface area contributed by atoms with Gasteiger partial charge in [-0.05, 0) is 17.7 Å². The van der Waals surface area contributed by atoms with Gasteiger partial charge in [0.15, 0.2) is 0 Å². The van der Waals surface area contributed by atoms with Crippen LogP contribution in [0.15, 0.2) is 47.8 Å². The highest BCUT2D eigenvalue weighted by molar-refractivity contribution is 7.13. The largest absolute Gasteiger partial charge is 0.326 e. The average Bonchev–Trinajstić information content (AvgIpc) is 2.97. The third-order valence-electron chi connectivity index (χ3n) is 3.17. The molecule has 0 fully saturated rings. The highest BCUT2D eigenvalue weighted by Crippen LogP contribution is 2.34. The lowest BCUT2D eigenvalue weighted by atomic mass is 10.1. The molecule has 2 nitrogen and oxygen atoms in total. The van der Waals surface area contributed by atoms with Crippen molar-refractivity contribution >= 4 is 22.9 Å². The summed E-state index contributed by atoms with van der Waals surface area (Å²) in [6, 6.07) is 12.5. The zero-order valence-electron chi connectivity index (χ0n) is 11.0. The Morgan fingerprint density at radius 3 is 2.57 bits per heavy atom. The Morgan fingerprint density at radius 2 is 1.90 bits per heavy atom. The van der Waals surface area contributed by atoms with E-state index in [1.165, 1.54) is 17.4 Å². The van der Waals surface area contributed by atoms with Crippen LogP contribution >= 0.6 is 22.9 Å². The molecule has 21 heavy (non-hydrogen) atoms. The zero-order valence-corrected chi connectivity index (χ0v) is 12.6. The van der Waals surface area contributed by atoms with Crippen molar-refractivity contribution in [2.45, 2.75) is 6.54 Å². The SMILES string of the molecule is NCc1ccc(-c2csc(-c3c(F)cccc3Cl)n2)cc1. The number of halogens is 2. The van der Waals surface area contributed by atoms with Crippen LogP contribution < -0.4 is 5.73 Å². The molecular formula is C16H12ClFN2S. The molecule has 1 aromatic heterocycles. The second kappa shape index (κ2) is 5.93. The zero-order chi connectivity index (χ0) is 14.8.